The summed E-state index contributed by atoms with van der Waals surface area (Å²) in [6.45, 7) is 1.87. The van der Waals surface area contributed by atoms with Gasteiger partial charge >= 0.3 is 0 Å². The molecule has 1 heterocycles. The summed E-state index contributed by atoms with van der Waals surface area (Å²) < 4.78 is 9.93. The first-order valence-corrected chi connectivity index (χ1v) is 7.53. The van der Waals surface area contributed by atoms with Crippen LogP contribution in [0.25, 0.3) is 11.3 Å². The number of carbonyl (C=O) groups excluding carboxylic acids is 1. The molecule has 1 N–H and O–H groups in total. The van der Waals surface area contributed by atoms with Crippen molar-refractivity contribution < 1.29 is 19.1 Å². The Balaban J connectivity index is 1.85. The Hall–Kier alpha value is -3.75. The number of hydrogen-bond donors (Lipinski definition) is 1. The number of ether oxygens (including phenoxy) is 1. The molecule has 9 heteroatoms. The molecule has 0 saturated heterocycles. The van der Waals surface area contributed by atoms with Crippen LogP contribution in [0.3, 0.4) is 0 Å². The topological polar surface area (TPSA) is 120 Å². The van der Waals surface area contributed by atoms with E-state index >= 15 is 0 Å². The van der Waals surface area contributed by atoms with Gasteiger partial charge in [0.15, 0.2) is 5.69 Å². The van der Waals surface area contributed by atoms with Crippen LogP contribution in [0, 0.1) is 17.0 Å². The molecule has 0 atom stereocenters. The second-order valence-electron chi connectivity index (χ2n) is 5.40. The summed E-state index contributed by atoms with van der Waals surface area (Å²) >= 11 is 0. The number of amides is 1. The number of aryl methyl sites for hydroxylation is 1. The fourth-order valence-corrected chi connectivity index (χ4v) is 2.39. The number of anilines is 1. The van der Waals surface area contributed by atoms with Gasteiger partial charge in [0.25, 0.3) is 11.6 Å². The molecule has 0 aliphatic heterocycles. The lowest BCUT2D eigenvalue weighted by Gasteiger charge is -2.07. The largest absolute Gasteiger partial charge is 0.497 e. The van der Waals surface area contributed by atoms with Gasteiger partial charge in [-0.1, -0.05) is 0 Å². The van der Waals surface area contributed by atoms with Crippen molar-refractivity contribution in [1.29, 1.82) is 0 Å². The van der Waals surface area contributed by atoms with Gasteiger partial charge in [-0.25, -0.2) is 4.63 Å². The molecular formula is C17H14N4O5. The van der Waals surface area contributed by atoms with Crippen LogP contribution in [0.1, 0.15) is 15.9 Å². The average molecular weight is 354 g/mol. The molecule has 0 bridgehead atoms. The van der Waals surface area contributed by atoms with Crippen molar-refractivity contribution in [3.63, 3.8) is 0 Å². The van der Waals surface area contributed by atoms with E-state index in [9.17, 15) is 14.9 Å². The number of nitro benzene ring substituents is 1. The predicted molar refractivity (Wildman–Crippen MR) is 92.1 cm³/mol. The van der Waals surface area contributed by atoms with E-state index in [4.69, 9.17) is 9.37 Å². The van der Waals surface area contributed by atoms with E-state index in [0.717, 1.165) is 11.1 Å². The summed E-state index contributed by atoms with van der Waals surface area (Å²) in [5.41, 5.74) is 2.12. The zero-order valence-corrected chi connectivity index (χ0v) is 13.9. The fraction of sp³-hybridized carbons (Fsp3) is 0.118. The molecule has 132 valence electrons. The summed E-state index contributed by atoms with van der Waals surface area (Å²) in [6, 6.07) is 10.6. The summed E-state index contributed by atoms with van der Waals surface area (Å²) in [5, 5.41) is 20.9. The normalized spacial score (nSPS) is 10.4. The van der Waals surface area contributed by atoms with Crippen molar-refractivity contribution in [2.45, 2.75) is 6.92 Å². The monoisotopic (exact) mass is 354 g/mol. The lowest BCUT2D eigenvalue weighted by Crippen LogP contribution is -2.13. The number of non-ortho nitro benzene ring substituents is 1. The highest BCUT2D eigenvalue weighted by Gasteiger charge is 2.18. The Bertz CT molecular complexity index is 966. The van der Waals surface area contributed by atoms with E-state index in [1.54, 1.807) is 19.2 Å². The number of aromatic nitrogens is 2. The van der Waals surface area contributed by atoms with E-state index in [2.05, 4.69) is 15.6 Å². The molecule has 0 spiro atoms. The molecule has 3 aromatic rings. The third-order valence-corrected chi connectivity index (χ3v) is 3.75. The SMILES string of the molecule is COc1ccc(-c2nonc2NC(=O)c2ccc([N+](=O)[O-])cc2)c(C)c1. The standard InChI is InChI=1S/C17H14N4O5/c1-10-9-13(25-2)7-8-14(10)15-16(20-26-19-15)18-17(22)11-3-5-12(6-4-11)21(23)24/h3-9H,1-2H3,(H,18,20,22). The first kappa shape index (κ1) is 17.1. The van der Waals surface area contributed by atoms with Crippen LogP contribution in [0.2, 0.25) is 0 Å². The number of benzene rings is 2. The second kappa shape index (κ2) is 7.01. The molecule has 0 radical (unpaired) electrons. The van der Waals surface area contributed by atoms with E-state index < -0.39 is 10.8 Å². The Morgan fingerprint density at radius 3 is 2.54 bits per heavy atom. The Morgan fingerprint density at radius 2 is 1.92 bits per heavy atom. The molecule has 1 aromatic heterocycles. The van der Waals surface area contributed by atoms with Crippen molar-refractivity contribution in [3.8, 4) is 17.0 Å². The number of hydrogen-bond acceptors (Lipinski definition) is 7. The zero-order valence-electron chi connectivity index (χ0n) is 13.9. The number of nitrogens with zero attached hydrogens (tertiary/aromatic N) is 3. The molecule has 0 saturated carbocycles. The van der Waals surface area contributed by atoms with Crippen LogP contribution in [0.15, 0.2) is 47.1 Å². The summed E-state index contributed by atoms with van der Waals surface area (Å²) in [5.74, 6) is 0.365. The van der Waals surface area contributed by atoms with Gasteiger partial charge < -0.3 is 10.1 Å². The number of carbonyl (C=O) groups is 1. The maximum Gasteiger partial charge on any atom is 0.269 e. The van der Waals surface area contributed by atoms with Crippen LogP contribution in [-0.4, -0.2) is 28.3 Å². The van der Waals surface area contributed by atoms with Crippen molar-refractivity contribution in [1.82, 2.24) is 10.3 Å². The van der Waals surface area contributed by atoms with Gasteiger partial charge in [-0.2, -0.15) is 0 Å². The van der Waals surface area contributed by atoms with Gasteiger partial charge in [-0.3, -0.25) is 14.9 Å². The summed E-state index contributed by atoms with van der Waals surface area (Å²) in [7, 11) is 1.57. The maximum atomic E-state index is 12.4. The third-order valence-electron chi connectivity index (χ3n) is 3.75. The number of rotatable bonds is 5. The summed E-state index contributed by atoms with van der Waals surface area (Å²) in [6.07, 6.45) is 0. The Kier molecular flexibility index (Phi) is 4.61. The maximum absolute atomic E-state index is 12.4. The number of nitrogens with one attached hydrogen (secondary N) is 1. The van der Waals surface area contributed by atoms with Crippen molar-refractivity contribution in [2.75, 3.05) is 12.4 Å². The van der Waals surface area contributed by atoms with Gasteiger partial charge in [-0.15, -0.1) is 0 Å². The minimum atomic E-state index is -0.534. The quantitative estimate of drug-likeness (QED) is 0.551. The molecule has 26 heavy (non-hydrogen) atoms. The highest BCUT2D eigenvalue weighted by atomic mass is 16.6. The van der Waals surface area contributed by atoms with E-state index in [-0.39, 0.29) is 17.1 Å². The minimum Gasteiger partial charge on any atom is -0.497 e. The van der Waals surface area contributed by atoms with Gasteiger partial charge in [0.05, 0.1) is 12.0 Å². The van der Waals surface area contributed by atoms with Gasteiger partial charge in [0, 0.05) is 23.3 Å². The predicted octanol–water partition coefficient (Wildman–Crippen LogP) is 3.21. The van der Waals surface area contributed by atoms with E-state index in [0.29, 0.717) is 11.4 Å². The number of nitro groups is 1. The first-order valence-electron chi connectivity index (χ1n) is 7.53. The number of methoxy groups -OCH3 is 1. The van der Waals surface area contributed by atoms with Crippen LogP contribution in [0.4, 0.5) is 11.5 Å². The van der Waals surface area contributed by atoms with Crippen LogP contribution in [0.5, 0.6) is 5.75 Å². The molecule has 9 nitrogen and oxygen atoms in total. The molecule has 2 aromatic carbocycles. The third kappa shape index (κ3) is 3.36. The van der Waals surface area contributed by atoms with Gasteiger partial charge in [0.1, 0.15) is 5.75 Å². The second-order valence-corrected chi connectivity index (χ2v) is 5.40. The lowest BCUT2D eigenvalue weighted by molar-refractivity contribution is -0.384. The van der Waals surface area contributed by atoms with E-state index in [1.807, 2.05) is 13.0 Å². The van der Waals surface area contributed by atoms with Crippen LogP contribution < -0.4 is 10.1 Å². The molecular weight excluding hydrogens is 340 g/mol. The minimum absolute atomic E-state index is 0.0980. The molecule has 1 amide bonds. The first-order chi connectivity index (χ1) is 12.5. The lowest BCUT2D eigenvalue weighted by atomic mass is 10.1. The molecule has 0 aliphatic carbocycles. The van der Waals surface area contributed by atoms with Crippen LogP contribution >= 0.6 is 0 Å². The molecule has 0 fully saturated rings. The Labute approximate surface area is 147 Å². The average Bonchev–Trinajstić information content (AvgIpc) is 3.09. The molecule has 0 unspecified atom stereocenters. The summed E-state index contributed by atoms with van der Waals surface area (Å²) in [4.78, 5) is 22.5. The van der Waals surface area contributed by atoms with Crippen molar-refractivity contribution >= 4 is 17.4 Å². The van der Waals surface area contributed by atoms with Gasteiger partial charge in [-0.05, 0) is 53.1 Å². The highest BCUT2D eigenvalue weighted by Crippen LogP contribution is 2.30. The van der Waals surface area contributed by atoms with Gasteiger partial charge in [0.2, 0.25) is 5.82 Å². The van der Waals surface area contributed by atoms with Crippen molar-refractivity contribution in [3.05, 3.63) is 63.7 Å². The van der Waals surface area contributed by atoms with Crippen LogP contribution in [-0.2, 0) is 0 Å². The molecule has 0 aliphatic rings. The highest BCUT2D eigenvalue weighted by molar-refractivity contribution is 6.05. The van der Waals surface area contributed by atoms with E-state index in [1.165, 1.54) is 24.3 Å². The fourth-order valence-electron chi connectivity index (χ4n) is 2.39. The molecule has 3 rings (SSSR count). The zero-order chi connectivity index (χ0) is 18.7. The smallest absolute Gasteiger partial charge is 0.269 e. The van der Waals surface area contributed by atoms with Crippen molar-refractivity contribution in [2.24, 2.45) is 0 Å². The Morgan fingerprint density at radius 1 is 1.19 bits per heavy atom.